The predicted octanol–water partition coefficient (Wildman–Crippen LogP) is 5.31. The Kier molecular flexibility index (Phi) is 7.77. The van der Waals surface area contributed by atoms with E-state index in [0.29, 0.717) is 30.2 Å². The van der Waals surface area contributed by atoms with Crippen LogP contribution in [0.15, 0.2) is 79.4 Å². The van der Waals surface area contributed by atoms with Gasteiger partial charge in [0.1, 0.15) is 11.6 Å². The third kappa shape index (κ3) is 5.87. The van der Waals surface area contributed by atoms with Crippen LogP contribution in [0.4, 0.5) is 4.39 Å². The Balaban J connectivity index is 1.41. The van der Waals surface area contributed by atoms with Crippen molar-refractivity contribution in [3.8, 4) is 11.5 Å². The van der Waals surface area contributed by atoms with Crippen LogP contribution in [-0.2, 0) is 19.5 Å². The number of hydrogen-bond donors (Lipinski definition) is 1. The lowest BCUT2D eigenvalue weighted by Crippen LogP contribution is -2.25. The molecule has 0 spiro atoms. The Morgan fingerprint density at radius 1 is 1.11 bits per heavy atom. The Bertz CT molecular complexity index is 1320. The van der Waals surface area contributed by atoms with Gasteiger partial charge in [-0.15, -0.1) is 6.58 Å². The molecular weight excluding hydrogens is 445 g/mol. The molecule has 0 fully saturated rings. The molecular formula is C28H28FN3O3. The van der Waals surface area contributed by atoms with E-state index in [9.17, 15) is 9.18 Å². The third-order valence-electron chi connectivity index (χ3n) is 5.64. The highest BCUT2D eigenvalue weighted by Crippen LogP contribution is 2.28. The maximum absolute atomic E-state index is 13.2. The summed E-state index contributed by atoms with van der Waals surface area (Å²) >= 11 is 0. The van der Waals surface area contributed by atoms with Gasteiger partial charge in [-0.25, -0.2) is 9.37 Å². The molecule has 0 aliphatic rings. The Hall–Kier alpha value is -4.13. The molecule has 7 heteroatoms. The van der Waals surface area contributed by atoms with E-state index in [-0.39, 0.29) is 18.3 Å². The zero-order valence-electron chi connectivity index (χ0n) is 19.7. The van der Waals surface area contributed by atoms with E-state index in [1.54, 1.807) is 7.11 Å². The van der Waals surface area contributed by atoms with E-state index >= 15 is 0 Å². The maximum atomic E-state index is 13.2. The molecule has 0 unspecified atom stereocenters. The fourth-order valence-electron chi connectivity index (χ4n) is 3.90. The number of aromatic nitrogens is 2. The van der Waals surface area contributed by atoms with Gasteiger partial charge < -0.3 is 19.4 Å². The van der Waals surface area contributed by atoms with Crippen molar-refractivity contribution in [2.75, 3.05) is 13.7 Å². The number of imidazole rings is 1. The van der Waals surface area contributed by atoms with E-state index in [1.165, 1.54) is 24.3 Å². The molecule has 0 atom stereocenters. The minimum atomic E-state index is -0.379. The van der Waals surface area contributed by atoms with Gasteiger partial charge in [0.2, 0.25) is 0 Å². The normalized spacial score (nSPS) is 10.8. The number of ether oxygens (including phenoxy) is 2. The van der Waals surface area contributed by atoms with Gasteiger partial charge in [0, 0.05) is 12.1 Å². The second-order valence-electron chi connectivity index (χ2n) is 8.04. The summed E-state index contributed by atoms with van der Waals surface area (Å²) in [6.07, 6.45) is 3.35. The van der Waals surface area contributed by atoms with Crippen LogP contribution in [0.25, 0.3) is 11.0 Å². The number of allylic oxidation sites excluding steroid dienone is 1. The number of rotatable bonds is 11. The average molecular weight is 474 g/mol. The number of hydrogen-bond acceptors (Lipinski definition) is 4. The molecule has 1 N–H and O–H groups in total. The molecule has 0 saturated carbocycles. The largest absolute Gasteiger partial charge is 0.493 e. The van der Waals surface area contributed by atoms with Gasteiger partial charge in [-0.1, -0.05) is 24.3 Å². The summed E-state index contributed by atoms with van der Waals surface area (Å²) in [5.41, 5.74) is 3.36. The van der Waals surface area contributed by atoms with Crippen molar-refractivity contribution in [1.82, 2.24) is 14.9 Å². The fourth-order valence-corrected chi connectivity index (χ4v) is 3.90. The van der Waals surface area contributed by atoms with Crippen molar-refractivity contribution >= 4 is 16.9 Å². The fraction of sp³-hybridized carbons (Fsp3) is 0.214. The number of nitrogens with one attached hydrogen (secondary N) is 1. The molecule has 0 saturated heterocycles. The lowest BCUT2D eigenvalue weighted by molar-refractivity contribution is 0.0949. The molecule has 4 aromatic rings. The molecule has 3 aromatic carbocycles. The van der Waals surface area contributed by atoms with Crippen molar-refractivity contribution in [2.45, 2.75) is 25.9 Å². The number of nitrogens with zero attached hydrogens (tertiary/aromatic N) is 2. The lowest BCUT2D eigenvalue weighted by atomic mass is 10.1. The SMILES string of the molecule is C=CCc1ccc(OCCCn2c(CNC(=O)c3ccc(F)cc3)nc3ccccc32)c(OC)c1. The Labute approximate surface area is 204 Å². The minimum Gasteiger partial charge on any atom is -0.493 e. The van der Waals surface area contributed by atoms with Crippen molar-refractivity contribution in [2.24, 2.45) is 0 Å². The van der Waals surface area contributed by atoms with Crippen LogP contribution in [0.1, 0.15) is 28.2 Å². The van der Waals surface area contributed by atoms with Gasteiger partial charge in [-0.2, -0.15) is 0 Å². The monoisotopic (exact) mass is 473 g/mol. The average Bonchev–Trinajstić information content (AvgIpc) is 3.23. The summed E-state index contributed by atoms with van der Waals surface area (Å²) in [5, 5.41) is 2.88. The van der Waals surface area contributed by atoms with Crippen LogP contribution in [0.3, 0.4) is 0 Å². The highest BCUT2D eigenvalue weighted by Gasteiger charge is 2.13. The van der Waals surface area contributed by atoms with Gasteiger partial charge in [-0.3, -0.25) is 4.79 Å². The zero-order chi connectivity index (χ0) is 24.6. The zero-order valence-corrected chi connectivity index (χ0v) is 19.7. The first-order chi connectivity index (χ1) is 17.1. The number of methoxy groups -OCH3 is 1. The summed E-state index contributed by atoms with van der Waals surface area (Å²) in [6, 6.07) is 19.2. The summed E-state index contributed by atoms with van der Waals surface area (Å²) in [7, 11) is 1.63. The molecule has 0 bridgehead atoms. The number of para-hydroxylation sites is 2. The first-order valence-corrected chi connectivity index (χ1v) is 11.5. The molecule has 0 radical (unpaired) electrons. The number of halogens is 1. The first-order valence-electron chi connectivity index (χ1n) is 11.5. The Morgan fingerprint density at radius 2 is 1.91 bits per heavy atom. The Morgan fingerprint density at radius 3 is 2.69 bits per heavy atom. The van der Waals surface area contributed by atoms with Crippen LogP contribution in [0.5, 0.6) is 11.5 Å². The second-order valence-corrected chi connectivity index (χ2v) is 8.04. The molecule has 180 valence electrons. The number of carbonyl (C=O) groups is 1. The lowest BCUT2D eigenvalue weighted by Gasteiger charge is -2.13. The molecule has 1 aromatic heterocycles. The molecule has 6 nitrogen and oxygen atoms in total. The van der Waals surface area contributed by atoms with Crippen molar-refractivity contribution in [3.63, 3.8) is 0 Å². The van der Waals surface area contributed by atoms with Crippen LogP contribution in [0.2, 0.25) is 0 Å². The van der Waals surface area contributed by atoms with E-state index in [1.807, 2.05) is 48.5 Å². The number of benzene rings is 3. The molecule has 0 aliphatic heterocycles. The third-order valence-corrected chi connectivity index (χ3v) is 5.64. The molecule has 35 heavy (non-hydrogen) atoms. The summed E-state index contributed by atoms with van der Waals surface area (Å²) < 4.78 is 26.7. The van der Waals surface area contributed by atoms with Gasteiger partial charge in [0.05, 0.1) is 31.3 Å². The maximum Gasteiger partial charge on any atom is 0.251 e. The van der Waals surface area contributed by atoms with Crippen LogP contribution < -0.4 is 14.8 Å². The quantitative estimate of drug-likeness (QED) is 0.237. The number of carbonyl (C=O) groups excluding carboxylic acids is 1. The summed E-state index contributed by atoms with van der Waals surface area (Å²) in [4.78, 5) is 17.2. The highest BCUT2D eigenvalue weighted by atomic mass is 19.1. The topological polar surface area (TPSA) is 65.4 Å². The molecule has 4 rings (SSSR count). The second kappa shape index (κ2) is 11.3. The van der Waals surface area contributed by atoms with Crippen LogP contribution >= 0.6 is 0 Å². The standard InChI is InChI=1S/C28H28FN3O3/c1-3-7-20-10-15-25(26(18-20)34-2)35-17-6-16-32-24-9-5-4-8-23(24)31-27(32)19-30-28(33)21-11-13-22(29)14-12-21/h3-5,8-15,18H,1,6-7,16-17,19H2,2H3,(H,30,33). The van der Waals surface area contributed by atoms with Gasteiger partial charge in [0.25, 0.3) is 5.91 Å². The van der Waals surface area contributed by atoms with Crippen molar-refractivity contribution in [3.05, 3.63) is 102 Å². The van der Waals surface area contributed by atoms with Crippen molar-refractivity contribution < 1.29 is 18.7 Å². The number of amides is 1. The molecule has 1 heterocycles. The van der Waals surface area contributed by atoms with Gasteiger partial charge in [-0.05, 0) is 66.9 Å². The highest BCUT2D eigenvalue weighted by molar-refractivity contribution is 5.94. The summed E-state index contributed by atoms with van der Waals surface area (Å²) in [6.45, 7) is 5.18. The number of fused-ring (bicyclic) bond motifs is 1. The van der Waals surface area contributed by atoms with Gasteiger partial charge >= 0.3 is 0 Å². The van der Waals surface area contributed by atoms with E-state index in [2.05, 4.69) is 16.5 Å². The number of aryl methyl sites for hydroxylation is 1. The van der Waals surface area contributed by atoms with Crippen molar-refractivity contribution in [1.29, 1.82) is 0 Å². The summed E-state index contributed by atoms with van der Waals surface area (Å²) in [5.74, 6) is 1.48. The van der Waals surface area contributed by atoms with Gasteiger partial charge in [0.15, 0.2) is 11.5 Å². The van der Waals surface area contributed by atoms with Crippen LogP contribution in [0, 0.1) is 5.82 Å². The minimum absolute atomic E-state index is 0.254. The molecule has 0 aliphatic carbocycles. The first kappa shape index (κ1) is 24.0. The van der Waals surface area contributed by atoms with E-state index < -0.39 is 0 Å². The predicted molar refractivity (Wildman–Crippen MR) is 134 cm³/mol. The molecule has 1 amide bonds. The van der Waals surface area contributed by atoms with E-state index in [4.69, 9.17) is 14.5 Å². The van der Waals surface area contributed by atoms with Crippen LogP contribution in [-0.4, -0.2) is 29.2 Å². The van der Waals surface area contributed by atoms with E-state index in [0.717, 1.165) is 35.3 Å². The smallest absolute Gasteiger partial charge is 0.251 e.